The predicted octanol–water partition coefficient (Wildman–Crippen LogP) is 5.08. The first kappa shape index (κ1) is 15.8. The van der Waals surface area contributed by atoms with Gasteiger partial charge >= 0.3 is 0 Å². The van der Waals surface area contributed by atoms with E-state index in [4.69, 9.17) is 21.4 Å². The molecule has 0 aliphatic heterocycles. The molecule has 0 heterocycles. The molecule has 0 aliphatic carbocycles. The molecular formula is C14H10Br2ClFO2. The maximum absolute atomic E-state index is 13.3. The highest BCUT2D eigenvalue weighted by molar-refractivity contribution is 9.11. The topological polar surface area (TPSA) is 29.5 Å². The minimum atomic E-state index is -0.471. The van der Waals surface area contributed by atoms with Gasteiger partial charge in [0.2, 0.25) is 0 Å². The van der Waals surface area contributed by atoms with Crippen molar-refractivity contribution in [2.45, 2.75) is 13.2 Å². The van der Waals surface area contributed by atoms with E-state index in [2.05, 4.69) is 31.9 Å². The summed E-state index contributed by atoms with van der Waals surface area (Å²) < 4.78 is 20.4. The summed E-state index contributed by atoms with van der Waals surface area (Å²) in [6.45, 7) is 0.0828. The number of rotatable bonds is 4. The second-order valence-electron chi connectivity index (χ2n) is 4.05. The molecule has 2 aromatic rings. The molecule has 0 bridgehead atoms. The Morgan fingerprint density at radius 3 is 2.45 bits per heavy atom. The first-order chi connectivity index (χ1) is 9.52. The molecule has 0 atom stereocenters. The Bertz CT molecular complexity index is 612. The molecule has 0 amide bonds. The van der Waals surface area contributed by atoms with E-state index in [0.29, 0.717) is 20.3 Å². The van der Waals surface area contributed by atoms with Crippen LogP contribution in [-0.4, -0.2) is 5.11 Å². The summed E-state index contributed by atoms with van der Waals surface area (Å²) in [5.74, 6) is 0.101. The Labute approximate surface area is 137 Å². The van der Waals surface area contributed by atoms with Crippen LogP contribution in [0.15, 0.2) is 39.3 Å². The van der Waals surface area contributed by atoms with Crippen molar-refractivity contribution < 1.29 is 14.2 Å². The standard InChI is InChI=1S/C14H10Br2ClFO2/c15-10-4-8(6-19)5-11(16)14(10)20-7-9-2-1-3-12(18)13(9)17/h1-5,19H,6-7H2. The van der Waals surface area contributed by atoms with E-state index in [1.807, 2.05) is 0 Å². The van der Waals surface area contributed by atoms with Crippen molar-refractivity contribution in [1.82, 2.24) is 0 Å². The number of hydrogen-bond donors (Lipinski definition) is 1. The van der Waals surface area contributed by atoms with Gasteiger partial charge in [0.25, 0.3) is 0 Å². The summed E-state index contributed by atoms with van der Waals surface area (Å²) >= 11 is 12.6. The summed E-state index contributed by atoms with van der Waals surface area (Å²) in [7, 11) is 0. The molecule has 1 N–H and O–H groups in total. The number of halogens is 4. The molecule has 0 aromatic heterocycles. The highest BCUT2D eigenvalue weighted by Crippen LogP contribution is 2.35. The largest absolute Gasteiger partial charge is 0.486 e. The van der Waals surface area contributed by atoms with Crippen LogP contribution in [0.2, 0.25) is 5.02 Å². The first-order valence-electron chi connectivity index (χ1n) is 5.67. The third-order valence-corrected chi connectivity index (χ3v) is 4.25. The molecule has 0 spiro atoms. The van der Waals surface area contributed by atoms with Gasteiger partial charge in [0.05, 0.1) is 20.6 Å². The molecule has 2 nitrogen and oxygen atoms in total. The van der Waals surface area contributed by atoms with E-state index < -0.39 is 5.82 Å². The molecular weight excluding hydrogens is 414 g/mol. The number of benzene rings is 2. The summed E-state index contributed by atoms with van der Waals surface area (Å²) in [6, 6.07) is 8.10. The van der Waals surface area contributed by atoms with Crippen LogP contribution >= 0.6 is 43.5 Å². The van der Waals surface area contributed by atoms with Crippen LogP contribution in [0.25, 0.3) is 0 Å². The van der Waals surface area contributed by atoms with Crippen LogP contribution in [-0.2, 0) is 13.2 Å². The zero-order valence-corrected chi connectivity index (χ0v) is 14.1. The van der Waals surface area contributed by atoms with Crippen molar-refractivity contribution in [3.05, 3.63) is 61.2 Å². The van der Waals surface area contributed by atoms with Gasteiger partial charge in [0.1, 0.15) is 18.2 Å². The lowest BCUT2D eigenvalue weighted by atomic mass is 10.2. The second kappa shape index (κ2) is 6.89. The van der Waals surface area contributed by atoms with Gasteiger partial charge < -0.3 is 9.84 Å². The number of aliphatic hydroxyl groups is 1. The molecule has 2 aromatic carbocycles. The van der Waals surface area contributed by atoms with E-state index in [1.54, 1.807) is 24.3 Å². The lowest BCUT2D eigenvalue weighted by molar-refractivity contribution is 0.280. The van der Waals surface area contributed by atoms with Crippen LogP contribution < -0.4 is 4.74 Å². The summed E-state index contributed by atoms with van der Waals surface area (Å²) in [6.07, 6.45) is 0. The Balaban J connectivity index is 2.21. The van der Waals surface area contributed by atoms with Gasteiger partial charge in [-0.25, -0.2) is 4.39 Å². The van der Waals surface area contributed by atoms with Crippen molar-refractivity contribution in [2.75, 3.05) is 0 Å². The van der Waals surface area contributed by atoms with Crippen LogP contribution in [0.5, 0.6) is 5.75 Å². The average Bonchev–Trinajstić information content (AvgIpc) is 2.42. The molecule has 0 aliphatic rings. The fourth-order valence-corrected chi connectivity index (χ4v) is 3.34. The molecule has 20 heavy (non-hydrogen) atoms. The molecule has 0 fully saturated rings. The lowest BCUT2D eigenvalue weighted by Crippen LogP contribution is -1.99. The molecule has 106 valence electrons. The summed E-state index contributed by atoms with van der Waals surface area (Å²) in [5, 5.41) is 9.17. The van der Waals surface area contributed by atoms with E-state index >= 15 is 0 Å². The highest BCUT2D eigenvalue weighted by atomic mass is 79.9. The molecule has 0 saturated heterocycles. The molecule has 0 unspecified atom stereocenters. The van der Waals surface area contributed by atoms with Gasteiger partial charge in [-0.1, -0.05) is 23.7 Å². The van der Waals surface area contributed by atoms with Gasteiger partial charge in [-0.15, -0.1) is 0 Å². The first-order valence-corrected chi connectivity index (χ1v) is 7.63. The van der Waals surface area contributed by atoms with E-state index in [-0.39, 0.29) is 18.2 Å². The monoisotopic (exact) mass is 422 g/mol. The molecule has 0 radical (unpaired) electrons. The van der Waals surface area contributed by atoms with Crippen LogP contribution in [0.3, 0.4) is 0 Å². The van der Waals surface area contributed by atoms with Gasteiger partial charge in [-0.2, -0.15) is 0 Å². The summed E-state index contributed by atoms with van der Waals surface area (Å²) in [5.41, 5.74) is 1.32. The van der Waals surface area contributed by atoms with Crippen molar-refractivity contribution in [1.29, 1.82) is 0 Å². The van der Waals surface area contributed by atoms with Crippen molar-refractivity contribution in [3.63, 3.8) is 0 Å². The third-order valence-electron chi connectivity index (χ3n) is 2.64. The van der Waals surface area contributed by atoms with Crippen LogP contribution in [0, 0.1) is 5.82 Å². The lowest BCUT2D eigenvalue weighted by Gasteiger charge is -2.12. The van der Waals surface area contributed by atoms with Crippen LogP contribution in [0.4, 0.5) is 4.39 Å². The van der Waals surface area contributed by atoms with Gasteiger partial charge in [-0.05, 0) is 55.6 Å². The quantitative estimate of drug-likeness (QED) is 0.742. The van der Waals surface area contributed by atoms with Crippen LogP contribution in [0.1, 0.15) is 11.1 Å². The van der Waals surface area contributed by atoms with Crippen molar-refractivity contribution in [2.24, 2.45) is 0 Å². The number of aliphatic hydroxyl groups excluding tert-OH is 1. The van der Waals surface area contributed by atoms with Gasteiger partial charge in [-0.3, -0.25) is 0 Å². The van der Waals surface area contributed by atoms with Crippen molar-refractivity contribution in [3.8, 4) is 5.75 Å². The zero-order valence-electron chi connectivity index (χ0n) is 10.2. The molecule has 6 heteroatoms. The molecule has 2 rings (SSSR count). The van der Waals surface area contributed by atoms with Crippen molar-refractivity contribution >= 4 is 43.5 Å². The number of ether oxygens (including phenoxy) is 1. The predicted molar refractivity (Wildman–Crippen MR) is 83.5 cm³/mol. The maximum Gasteiger partial charge on any atom is 0.148 e. The minimum absolute atomic E-state index is 0.0618. The Kier molecular flexibility index (Phi) is 5.43. The summed E-state index contributed by atoms with van der Waals surface area (Å²) in [4.78, 5) is 0. The maximum atomic E-state index is 13.3. The Hall–Kier alpha value is -0.620. The van der Waals surface area contributed by atoms with Gasteiger partial charge in [0, 0.05) is 5.56 Å². The SMILES string of the molecule is OCc1cc(Br)c(OCc2cccc(F)c2Cl)c(Br)c1. The Morgan fingerprint density at radius 1 is 1.20 bits per heavy atom. The molecule has 0 saturated carbocycles. The minimum Gasteiger partial charge on any atom is -0.486 e. The normalized spacial score (nSPS) is 10.7. The fourth-order valence-electron chi connectivity index (χ4n) is 1.65. The van der Waals surface area contributed by atoms with E-state index in [0.717, 1.165) is 5.56 Å². The zero-order chi connectivity index (χ0) is 14.7. The smallest absolute Gasteiger partial charge is 0.148 e. The Morgan fingerprint density at radius 2 is 1.85 bits per heavy atom. The van der Waals surface area contributed by atoms with Gasteiger partial charge in [0.15, 0.2) is 0 Å². The number of hydrogen-bond acceptors (Lipinski definition) is 2. The van der Waals surface area contributed by atoms with E-state index in [9.17, 15) is 4.39 Å². The fraction of sp³-hybridized carbons (Fsp3) is 0.143. The van der Waals surface area contributed by atoms with E-state index in [1.165, 1.54) is 6.07 Å². The third kappa shape index (κ3) is 3.52. The average molecular weight is 424 g/mol. The second-order valence-corrected chi connectivity index (χ2v) is 6.13. The highest BCUT2D eigenvalue weighted by Gasteiger charge is 2.11.